The molecule has 0 saturated heterocycles. The summed E-state index contributed by atoms with van der Waals surface area (Å²) in [6.45, 7) is 1.92. The van der Waals surface area contributed by atoms with Crippen LogP contribution >= 0.6 is 23.2 Å². The Balaban J connectivity index is 2.24. The van der Waals surface area contributed by atoms with Gasteiger partial charge in [0.1, 0.15) is 18.4 Å². The summed E-state index contributed by atoms with van der Waals surface area (Å²) in [5, 5.41) is 15.3. The molecular weight excluding hydrogens is 287 g/mol. The summed E-state index contributed by atoms with van der Waals surface area (Å²) in [4.78, 5) is 3.81. The molecule has 1 heterocycles. The van der Waals surface area contributed by atoms with E-state index in [1.807, 2.05) is 0 Å². The number of benzene rings is 1. The van der Waals surface area contributed by atoms with E-state index in [4.69, 9.17) is 28.9 Å². The molecule has 19 heavy (non-hydrogen) atoms. The first kappa shape index (κ1) is 14.3. The van der Waals surface area contributed by atoms with Crippen LogP contribution in [0, 0.1) is 0 Å². The predicted molar refractivity (Wildman–Crippen MR) is 74.0 cm³/mol. The molecule has 1 aromatic carbocycles. The van der Waals surface area contributed by atoms with Gasteiger partial charge in [0.05, 0.1) is 6.54 Å². The second kappa shape index (κ2) is 5.46. The molecule has 1 unspecified atom stereocenters. The molecule has 0 fully saturated rings. The number of nitrogens with two attached hydrogens (primary N) is 1. The van der Waals surface area contributed by atoms with Crippen molar-refractivity contribution in [3.63, 3.8) is 0 Å². The summed E-state index contributed by atoms with van der Waals surface area (Å²) in [5.41, 5.74) is 5.20. The van der Waals surface area contributed by atoms with Gasteiger partial charge in [-0.15, -0.1) is 0 Å². The van der Waals surface area contributed by atoms with E-state index in [9.17, 15) is 5.11 Å². The molecular formula is C12H14Cl2N4O. The summed E-state index contributed by atoms with van der Waals surface area (Å²) >= 11 is 12.0. The van der Waals surface area contributed by atoms with Crippen molar-refractivity contribution in [2.24, 2.45) is 5.73 Å². The molecule has 102 valence electrons. The molecule has 0 aliphatic heterocycles. The maximum absolute atomic E-state index is 10.4. The van der Waals surface area contributed by atoms with Gasteiger partial charge >= 0.3 is 0 Å². The van der Waals surface area contributed by atoms with Crippen molar-refractivity contribution in [2.45, 2.75) is 25.1 Å². The van der Waals surface area contributed by atoms with Crippen LogP contribution in [-0.2, 0) is 6.54 Å². The van der Waals surface area contributed by atoms with Crippen molar-refractivity contribution < 1.29 is 5.11 Å². The van der Waals surface area contributed by atoms with Gasteiger partial charge in [-0.05, 0) is 17.7 Å². The lowest BCUT2D eigenvalue weighted by atomic mass is 9.90. The van der Waals surface area contributed by atoms with E-state index in [1.54, 1.807) is 25.1 Å². The molecule has 0 bridgehead atoms. The van der Waals surface area contributed by atoms with Crippen LogP contribution in [0.5, 0.6) is 0 Å². The van der Waals surface area contributed by atoms with E-state index in [1.165, 1.54) is 17.3 Å². The molecule has 1 aromatic heterocycles. The van der Waals surface area contributed by atoms with Gasteiger partial charge in [-0.2, -0.15) is 5.10 Å². The first-order valence-corrected chi connectivity index (χ1v) is 6.44. The van der Waals surface area contributed by atoms with E-state index in [0.29, 0.717) is 10.0 Å². The maximum Gasteiger partial charge on any atom is 0.140 e. The van der Waals surface area contributed by atoms with Gasteiger partial charge in [0.15, 0.2) is 0 Å². The Morgan fingerprint density at radius 2 is 2.21 bits per heavy atom. The van der Waals surface area contributed by atoms with Gasteiger partial charge in [0.25, 0.3) is 0 Å². The molecule has 0 spiro atoms. The largest absolute Gasteiger partial charge is 0.373 e. The SMILES string of the molecule is CC(c1ccc(Cl)cc1Cl)[C@@](N)(O)Cn1cncn1. The van der Waals surface area contributed by atoms with Crippen molar-refractivity contribution in [1.82, 2.24) is 14.8 Å². The zero-order chi connectivity index (χ0) is 14.0. The summed E-state index contributed by atoms with van der Waals surface area (Å²) < 4.78 is 1.47. The van der Waals surface area contributed by atoms with Gasteiger partial charge in [-0.3, -0.25) is 0 Å². The van der Waals surface area contributed by atoms with E-state index < -0.39 is 5.72 Å². The minimum atomic E-state index is -1.49. The van der Waals surface area contributed by atoms with Gasteiger partial charge < -0.3 is 10.8 Å². The van der Waals surface area contributed by atoms with Crippen LogP contribution in [0.2, 0.25) is 10.0 Å². The topological polar surface area (TPSA) is 77.0 Å². The van der Waals surface area contributed by atoms with Crippen LogP contribution in [0.3, 0.4) is 0 Å². The standard InChI is InChI=1S/C12H14Cl2N4O/c1-8(10-3-2-9(13)4-11(10)14)12(15,19)5-18-7-16-6-17-18/h2-4,6-8,19H,5,15H2,1H3/t8?,12-/m0/s1. The summed E-state index contributed by atoms with van der Waals surface area (Å²) in [5.74, 6) is -0.388. The highest BCUT2D eigenvalue weighted by Crippen LogP contribution is 2.32. The van der Waals surface area contributed by atoms with Crippen molar-refractivity contribution in [3.05, 3.63) is 46.5 Å². The molecule has 3 N–H and O–H groups in total. The predicted octanol–water partition coefficient (Wildman–Crippen LogP) is 2.04. The molecule has 2 aromatic rings. The Morgan fingerprint density at radius 3 is 2.79 bits per heavy atom. The lowest BCUT2D eigenvalue weighted by molar-refractivity contribution is 0.00327. The number of aromatic nitrogens is 3. The van der Waals surface area contributed by atoms with Crippen LogP contribution in [0.25, 0.3) is 0 Å². The maximum atomic E-state index is 10.4. The van der Waals surface area contributed by atoms with Crippen molar-refractivity contribution in [2.75, 3.05) is 0 Å². The smallest absolute Gasteiger partial charge is 0.140 e. The number of rotatable bonds is 4. The van der Waals surface area contributed by atoms with Crippen LogP contribution in [0.1, 0.15) is 18.4 Å². The highest BCUT2D eigenvalue weighted by atomic mass is 35.5. The van der Waals surface area contributed by atoms with Gasteiger partial charge in [0.2, 0.25) is 0 Å². The van der Waals surface area contributed by atoms with Crippen LogP contribution in [0.4, 0.5) is 0 Å². The van der Waals surface area contributed by atoms with Crippen molar-refractivity contribution in [3.8, 4) is 0 Å². The van der Waals surface area contributed by atoms with E-state index >= 15 is 0 Å². The second-order valence-corrected chi connectivity index (χ2v) is 5.32. The number of halogens is 2. The fourth-order valence-electron chi connectivity index (χ4n) is 1.83. The summed E-state index contributed by atoms with van der Waals surface area (Å²) in [7, 11) is 0. The van der Waals surface area contributed by atoms with E-state index in [-0.39, 0.29) is 12.5 Å². The number of nitrogens with zero attached hydrogens (tertiary/aromatic N) is 3. The Morgan fingerprint density at radius 1 is 1.47 bits per heavy atom. The minimum Gasteiger partial charge on any atom is -0.373 e. The summed E-state index contributed by atoms with van der Waals surface area (Å²) in [6.07, 6.45) is 2.88. The lowest BCUT2D eigenvalue weighted by Crippen LogP contribution is -2.48. The molecule has 0 aliphatic carbocycles. The van der Waals surface area contributed by atoms with E-state index in [2.05, 4.69) is 10.1 Å². The third kappa shape index (κ3) is 3.25. The fraction of sp³-hybridized carbons (Fsp3) is 0.333. The van der Waals surface area contributed by atoms with Crippen LogP contribution in [-0.4, -0.2) is 25.6 Å². The molecule has 5 nitrogen and oxygen atoms in total. The Bertz CT molecular complexity index is 557. The third-order valence-electron chi connectivity index (χ3n) is 3.06. The highest BCUT2D eigenvalue weighted by Gasteiger charge is 2.32. The summed E-state index contributed by atoms with van der Waals surface area (Å²) in [6, 6.07) is 5.10. The Hall–Kier alpha value is -1.14. The third-order valence-corrected chi connectivity index (χ3v) is 3.62. The fourth-order valence-corrected chi connectivity index (χ4v) is 2.40. The Kier molecular flexibility index (Phi) is 4.10. The zero-order valence-corrected chi connectivity index (χ0v) is 11.8. The first-order chi connectivity index (χ1) is 8.90. The van der Waals surface area contributed by atoms with Crippen LogP contribution < -0.4 is 5.73 Å². The molecule has 2 rings (SSSR count). The van der Waals surface area contributed by atoms with Crippen LogP contribution in [0.15, 0.2) is 30.9 Å². The van der Waals surface area contributed by atoms with Gasteiger partial charge in [0, 0.05) is 16.0 Å². The monoisotopic (exact) mass is 300 g/mol. The van der Waals surface area contributed by atoms with Gasteiger partial charge in [-0.25, -0.2) is 9.67 Å². The highest BCUT2D eigenvalue weighted by molar-refractivity contribution is 6.35. The normalized spacial score (nSPS) is 16.1. The average Bonchev–Trinajstić information content (AvgIpc) is 2.80. The minimum absolute atomic E-state index is 0.118. The zero-order valence-electron chi connectivity index (χ0n) is 10.3. The van der Waals surface area contributed by atoms with E-state index in [0.717, 1.165) is 5.56 Å². The van der Waals surface area contributed by atoms with Gasteiger partial charge in [-0.1, -0.05) is 36.2 Å². The van der Waals surface area contributed by atoms with Crippen molar-refractivity contribution in [1.29, 1.82) is 0 Å². The molecule has 0 radical (unpaired) electrons. The molecule has 2 atom stereocenters. The molecule has 0 aliphatic rings. The number of aliphatic hydroxyl groups is 1. The first-order valence-electron chi connectivity index (χ1n) is 5.69. The Labute approximate surface area is 121 Å². The number of hydrogen-bond acceptors (Lipinski definition) is 4. The quantitative estimate of drug-likeness (QED) is 0.847. The van der Waals surface area contributed by atoms with Crippen molar-refractivity contribution >= 4 is 23.2 Å². The molecule has 0 amide bonds. The average molecular weight is 301 g/mol. The second-order valence-electron chi connectivity index (χ2n) is 4.47. The lowest BCUT2D eigenvalue weighted by Gasteiger charge is -2.30. The molecule has 7 heteroatoms. The number of hydrogen-bond donors (Lipinski definition) is 2. The molecule has 0 saturated carbocycles.